The summed E-state index contributed by atoms with van der Waals surface area (Å²) in [6.45, 7) is 1.08. The second-order valence-electron chi connectivity index (χ2n) is 8.97. The third-order valence-corrected chi connectivity index (χ3v) is 9.50. The molecule has 3 heterocycles. The number of hydrogen-bond donors (Lipinski definition) is 1. The normalized spacial score (nSPS) is 14.5. The Morgan fingerprint density at radius 3 is 2.54 bits per heavy atom. The molecular formula is C27H25F3N4O3S2. The number of pyridine rings is 1. The highest BCUT2D eigenvalue weighted by atomic mass is 32.2. The molecule has 2 aromatic carbocycles. The van der Waals surface area contributed by atoms with Crippen molar-refractivity contribution in [2.24, 2.45) is 0 Å². The minimum Gasteiger partial charge on any atom is -0.363 e. The van der Waals surface area contributed by atoms with E-state index in [0.717, 1.165) is 47.4 Å². The Morgan fingerprint density at radius 1 is 1.08 bits per heavy atom. The first kappa shape index (κ1) is 27.3. The van der Waals surface area contributed by atoms with Crippen molar-refractivity contribution in [2.75, 3.05) is 31.2 Å². The minimum atomic E-state index is -4.74. The number of ether oxygens (including phenoxy) is 1. The van der Waals surface area contributed by atoms with Gasteiger partial charge in [0.25, 0.3) is 10.0 Å². The molecule has 7 nitrogen and oxygen atoms in total. The Hall–Kier alpha value is -3.32. The van der Waals surface area contributed by atoms with Crippen molar-refractivity contribution >= 4 is 27.0 Å². The molecule has 12 heteroatoms. The highest BCUT2D eigenvalue weighted by Crippen LogP contribution is 2.43. The van der Waals surface area contributed by atoms with Gasteiger partial charge >= 0.3 is 0 Å². The third kappa shape index (κ3) is 5.42. The fourth-order valence-corrected chi connectivity index (χ4v) is 7.25. The lowest BCUT2D eigenvalue weighted by Gasteiger charge is -2.25. The third-order valence-electron chi connectivity index (χ3n) is 6.48. The molecule has 1 N–H and O–H groups in total. The Bertz CT molecular complexity index is 1580. The van der Waals surface area contributed by atoms with E-state index in [0.29, 0.717) is 22.1 Å². The number of sulfonamides is 1. The molecule has 1 aliphatic heterocycles. The first-order chi connectivity index (χ1) is 18.8. The number of benzene rings is 2. The van der Waals surface area contributed by atoms with Gasteiger partial charge in [-0.2, -0.15) is 0 Å². The van der Waals surface area contributed by atoms with Gasteiger partial charge in [0.1, 0.15) is 23.3 Å². The lowest BCUT2D eigenvalue weighted by molar-refractivity contribution is 0.209. The van der Waals surface area contributed by atoms with Gasteiger partial charge in [-0.1, -0.05) is 6.07 Å². The summed E-state index contributed by atoms with van der Waals surface area (Å²) in [5.74, 6) is -2.79. The molecule has 4 aromatic rings. The van der Waals surface area contributed by atoms with E-state index in [2.05, 4.69) is 10.3 Å². The number of nitrogens with zero attached hydrogens (tertiary/aromatic N) is 3. The van der Waals surface area contributed by atoms with Crippen molar-refractivity contribution in [3.8, 4) is 21.7 Å². The van der Waals surface area contributed by atoms with Gasteiger partial charge in [-0.3, -0.25) is 4.98 Å². The monoisotopic (exact) mass is 574 g/mol. The fourth-order valence-electron chi connectivity index (χ4n) is 4.54. The van der Waals surface area contributed by atoms with Crippen LogP contribution in [0.5, 0.6) is 0 Å². The Labute approximate surface area is 228 Å². The van der Waals surface area contributed by atoms with Gasteiger partial charge in [-0.25, -0.2) is 30.9 Å². The maximum atomic E-state index is 16.3. The topological polar surface area (TPSA) is 84.4 Å². The zero-order valence-electron chi connectivity index (χ0n) is 20.9. The number of piperidine rings is 1. The van der Waals surface area contributed by atoms with Gasteiger partial charge in [0, 0.05) is 31.0 Å². The van der Waals surface area contributed by atoms with Crippen molar-refractivity contribution in [2.45, 2.75) is 23.7 Å². The number of hydrogen-bond acceptors (Lipinski definition) is 7. The lowest BCUT2D eigenvalue weighted by Crippen LogP contribution is -2.34. The second kappa shape index (κ2) is 11.4. The molecule has 0 unspecified atom stereocenters. The molecule has 2 aromatic heterocycles. The summed E-state index contributed by atoms with van der Waals surface area (Å²) in [5, 5.41) is 4.20. The molecule has 0 saturated carbocycles. The van der Waals surface area contributed by atoms with Crippen LogP contribution in [0.15, 0.2) is 65.8 Å². The number of methoxy groups -OCH3 is 1. The van der Waals surface area contributed by atoms with Crippen LogP contribution in [0, 0.1) is 17.5 Å². The highest BCUT2D eigenvalue weighted by molar-refractivity contribution is 7.92. The van der Waals surface area contributed by atoms with E-state index in [1.54, 1.807) is 24.5 Å². The molecule has 0 radical (unpaired) electrons. The van der Waals surface area contributed by atoms with Crippen molar-refractivity contribution in [1.29, 1.82) is 0 Å². The van der Waals surface area contributed by atoms with E-state index in [1.807, 2.05) is 0 Å². The van der Waals surface area contributed by atoms with E-state index in [-0.39, 0.29) is 17.2 Å². The Morgan fingerprint density at radius 2 is 1.82 bits per heavy atom. The van der Waals surface area contributed by atoms with Gasteiger partial charge in [0.15, 0.2) is 5.82 Å². The molecule has 5 rings (SSSR count). The molecule has 1 fully saturated rings. The minimum absolute atomic E-state index is 0.0757. The zero-order valence-corrected chi connectivity index (χ0v) is 22.5. The number of aromatic nitrogens is 2. The SMILES string of the molecule is COCN(c1cccc(-c2nc(C3CCNCC3)sc2-c2ccncc2)c1F)S(=O)(=O)c1cc(F)ccc1F. The molecule has 204 valence electrons. The molecule has 0 spiro atoms. The molecule has 0 aliphatic carbocycles. The van der Waals surface area contributed by atoms with E-state index in [1.165, 1.54) is 36.6 Å². The first-order valence-electron chi connectivity index (χ1n) is 12.2. The summed E-state index contributed by atoms with van der Waals surface area (Å²) in [6.07, 6.45) is 5.06. The molecule has 0 bridgehead atoms. The lowest BCUT2D eigenvalue weighted by atomic mass is 9.99. The fraction of sp³-hybridized carbons (Fsp3) is 0.259. The smallest absolute Gasteiger partial charge is 0.269 e. The van der Waals surface area contributed by atoms with E-state index >= 15 is 4.39 Å². The maximum Gasteiger partial charge on any atom is 0.269 e. The molecule has 1 aliphatic rings. The van der Waals surface area contributed by atoms with E-state index < -0.39 is 39.1 Å². The van der Waals surface area contributed by atoms with Crippen LogP contribution in [0.2, 0.25) is 0 Å². The van der Waals surface area contributed by atoms with Crippen molar-refractivity contribution in [1.82, 2.24) is 15.3 Å². The summed E-state index contributed by atoms with van der Waals surface area (Å²) in [5.41, 5.74) is 0.860. The maximum absolute atomic E-state index is 16.3. The Balaban J connectivity index is 1.65. The number of nitrogens with one attached hydrogen (secondary N) is 1. The van der Waals surface area contributed by atoms with Gasteiger partial charge in [-0.15, -0.1) is 11.3 Å². The van der Waals surface area contributed by atoms with Gasteiger partial charge < -0.3 is 10.1 Å². The van der Waals surface area contributed by atoms with Crippen molar-refractivity contribution < 1.29 is 26.3 Å². The predicted octanol–water partition coefficient (Wildman–Crippen LogP) is 5.56. The van der Waals surface area contributed by atoms with Gasteiger partial charge in [-0.05, 0) is 74.0 Å². The molecular weight excluding hydrogens is 549 g/mol. The number of rotatable bonds is 8. The van der Waals surface area contributed by atoms with Crippen LogP contribution < -0.4 is 9.62 Å². The summed E-state index contributed by atoms with van der Waals surface area (Å²) in [7, 11) is -3.52. The standard InChI is InChI=1S/C27H25F3N4O3S2/c1-37-16-34(39(35,36)23-15-19(28)5-6-21(23)29)22-4-2-3-20(24(22)30)25-26(17-7-11-31-12-8-17)38-27(33-25)18-9-13-32-14-10-18/h2-8,11-12,15,18,32H,9-10,13-14,16H2,1H3. The first-order valence-corrected chi connectivity index (χ1v) is 14.4. The molecule has 0 amide bonds. The predicted molar refractivity (Wildman–Crippen MR) is 143 cm³/mol. The number of anilines is 1. The van der Waals surface area contributed by atoms with Crippen LogP contribution in [0.25, 0.3) is 21.7 Å². The summed E-state index contributed by atoms with van der Waals surface area (Å²) in [6, 6.07) is 9.94. The van der Waals surface area contributed by atoms with Crippen LogP contribution >= 0.6 is 11.3 Å². The Kier molecular flexibility index (Phi) is 7.98. The van der Waals surface area contributed by atoms with Crippen LogP contribution in [-0.4, -0.2) is 45.3 Å². The zero-order chi connectivity index (χ0) is 27.6. The van der Waals surface area contributed by atoms with Crippen LogP contribution in [0.1, 0.15) is 23.8 Å². The summed E-state index contributed by atoms with van der Waals surface area (Å²) >= 11 is 1.47. The largest absolute Gasteiger partial charge is 0.363 e. The summed E-state index contributed by atoms with van der Waals surface area (Å²) in [4.78, 5) is 8.72. The summed E-state index contributed by atoms with van der Waals surface area (Å²) < 4.78 is 77.2. The number of thiazole rings is 1. The van der Waals surface area contributed by atoms with Crippen LogP contribution in [-0.2, 0) is 14.8 Å². The quantitative estimate of drug-likeness (QED) is 0.278. The van der Waals surface area contributed by atoms with Gasteiger partial charge in [0.05, 0.1) is 21.3 Å². The van der Waals surface area contributed by atoms with Crippen molar-refractivity contribution in [3.63, 3.8) is 0 Å². The average molecular weight is 575 g/mol. The van der Waals surface area contributed by atoms with E-state index in [9.17, 15) is 17.2 Å². The molecule has 39 heavy (non-hydrogen) atoms. The second-order valence-corrected chi connectivity index (χ2v) is 11.8. The molecule has 1 saturated heterocycles. The highest BCUT2D eigenvalue weighted by Gasteiger charge is 2.32. The van der Waals surface area contributed by atoms with Gasteiger partial charge in [0.2, 0.25) is 0 Å². The van der Waals surface area contributed by atoms with Crippen molar-refractivity contribution in [3.05, 3.63) is 83.4 Å². The van der Waals surface area contributed by atoms with Crippen LogP contribution in [0.3, 0.4) is 0 Å². The molecule has 0 atom stereocenters. The van der Waals surface area contributed by atoms with E-state index in [4.69, 9.17) is 9.72 Å². The number of halogens is 3. The van der Waals surface area contributed by atoms with Crippen LogP contribution in [0.4, 0.5) is 18.9 Å². The average Bonchev–Trinajstić information content (AvgIpc) is 3.39.